The second-order valence-electron chi connectivity index (χ2n) is 7.97. The maximum absolute atomic E-state index is 13.9. The molecule has 0 aliphatic heterocycles. The van der Waals surface area contributed by atoms with E-state index in [1.54, 1.807) is 31.2 Å². The van der Waals surface area contributed by atoms with Crippen LogP contribution < -0.4 is 10.6 Å². The average molecular weight is 491 g/mol. The molecule has 0 aliphatic rings. The first-order chi connectivity index (χ1) is 16.8. The van der Waals surface area contributed by atoms with Crippen LogP contribution in [0.5, 0.6) is 0 Å². The van der Waals surface area contributed by atoms with Crippen molar-refractivity contribution in [1.82, 2.24) is 5.32 Å². The highest BCUT2D eigenvalue weighted by Crippen LogP contribution is 2.28. The van der Waals surface area contributed by atoms with Gasteiger partial charge in [0.25, 0.3) is 5.91 Å². The number of benzene rings is 4. The van der Waals surface area contributed by atoms with E-state index in [1.807, 2.05) is 30.3 Å². The minimum absolute atomic E-state index is 0.0756. The van der Waals surface area contributed by atoms with Crippen LogP contribution in [0.1, 0.15) is 37.4 Å². The van der Waals surface area contributed by atoms with Crippen molar-refractivity contribution < 1.29 is 18.4 Å². The summed E-state index contributed by atoms with van der Waals surface area (Å²) in [6.07, 6.45) is 0. The first-order valence-electron chi connectivity index (χ1n) is 10.8. The van der Waals surface area contributed by atoms with Crippen LogP contribution in [-0.2, 0) is 6.54 Å². The molecule has 0 radical (unpaired) electrons. The van der Waals surface area contributed by atoms with E-state index in [0.717, 1.165) is 17.7 Å². The lowest BCUT2D eigenvalue weighted by atomic mass is 9.96. The van der Waals surface area contributed by atoms with Crippen LogP contribution in [0.2, 0.25) is 5.02 Å². The smallest absolute Gasteiger partial charge is 0.251 e. The van der Waals surface area contributed by atoms with Crippen LogP contribution in [0.15, 0.2) is 84.9 Å². The average Bonchev–Trinajstić information content (AvgIpc) is 2.85. The zero-order valence-corrected chi connectivity index (χ0v) is 19.5. The number of rotatable bonds is 7. The Bertz CT molecular complexity index is 1410. The summed E-state index contributed by atoms with van der Waals surface area (Å²) in [4.78, 5) is 25.9. The number of aryl methyl sites for hydroxylation is 1. The Morgan fingerprint density at radius 3 is 2.34 bits per heavy atom. The predicted octanol–water partition coefficient (Wildman–Crippen LogP) is 6.83. The van der Waals surface area contributed by atoms with Gasteiger partial charge in [-0.2, -0.15) is 0 Å². The van der Waals surface area contributed by atoms with Gasteiger partial charge in [-0.1, -0.05) is 48.0 Å². The van der Waals surface area contributed by atoms with Gasteiger partial charge in [0.15, 0.2) is 5.78 Å². The first kappa shape index (κ1) is 24.1. The second-order valence-corrected chi connectivity index (χ2v) is 8.38. The largest absolute Gasteiger partial charge is 0.353 e. The molecule has 35 heavy (non-hydrogen) atoms. The highest BCUT2D eigenvalue weighted by Gasteiger charge is 2.18. The number of hydrogen-bond donors (Lipinski definition) is 2. The summed E-state index contributed by atoms with van der Waals surface area (Å²) in [5, 5.41) is 5.82. The third-order valence-corrected chi connectivity index (χ3v) is 5.78. The molecule has 0 saturated heterocycles. The molecule has 0 aromatic heterocycles. The van der Waals surface area contributed by atoms with Crippen molar-refractivity contribution in [3.63, 3.8) is 0 Å². The molecule has 0 bridgehead atoms. The molecule has 4 rings (SSSR count). The van der Waals surface area contributed by atoms with Gasteiger partial charge >= 0.3 is 0 Å². The van der Waals surface area contributed by atoms with Gasteiger partial charge in [0.2, 0.25) is 0 Å². The van der Waals surface area contributed by atoms with E-state index in [-0.39, 0.29) is 28.0 Å². The van der Waals surface area contributed by atoms with Crippen molar-refractivity contribution in [2.24, 2.45) is 0 Å². The maximum atomic E-state index is 13.9. The minimum atomic E-state index is -0.751. The van der Waals surface area contributed by atoms with E-state index in [4.69, 9.17) is 11.6 Å². The highest BCUT2D eigenvalue weighted by atomic mass is 35.5. The number of nitrogens with one attached hydrogen (secondary N) is 2. The number of halogens is 3. The molecule has 7 heteroatoms. The van der Waals surface area contributed by atoms with Crippen molar-refractivity contribution in [2.45, 2.75) is 13.5 Å². The summed E-state index contributed by atoms with van der Waals surface area (Å²) in [5.74, 6) is -2.07. The Kier molecular flexibility index (Phi) is 7.22. The minimum Gasteiger partial charge on any atom is -0.353 e. The molecule has 0 heterocycles. The molecule has 0 atom stereocenters. The quantitative estimate of drug-likeness (QED) is 0.279. The lowest BCUT2D eigenvalue weighted by Crippen LogP contribution is -2.23. The van der Waals surface area contributed by atoms with Crippen molar-refractivity contribution in [2.75, 3.05) is 5.32 Å². The molecule has 4 nitrogen and oxygen atoms in total. The fraction of sp³-hybridized carbons (Fsp3) is 0.0714. The Morgan fingerprint density at radius 2 is 1.63 bits per heavy atom. The Balaban J connectivity index is 1.52. The van der Waals surface area contributed by atoms with Crippen molar-refractivity contribution in [1.29, 1.82) is 0 Å². The zero-order chi connectivity index (χ0) is 24.9. The monoisotopic (exact) mass is 490 g/mol. The highest BCUT2D eigenvalue weighted by molar-refractivity contribution is 6.35. The number of carbonyl (C=O) groups excluding carboxylic acids is 2. The zero-order valence-electron chi connectivity index (χ0n) is 18.7. The summed E-state index contributed by atoms with van der Waals surface area (Å²) >= 11 is 6.38. The van der Waals surface area contributed by atoms with Crippen molar-refractivity contribution in [3.8, 4) is 0 Å². The molecule has 1 amide bonds. The Hall–Kier alpha value is -4.03. The van der Waals surface area contributed by atoms with Gasteiger partial charge in [-0.3, -0.25) is 9.59 Å². The molecular weight excluding hydrogens is 470 g/mol. The Labute approximate surface area is 206 Å². The van der Waals surface area contributed by atoms with Crippen LogP contribution in [0.4, 0.5) is 20.2 Å². The van der Waals surface area contributed by atoms with Gasteiger partial charge in [-0.15, -0.1) is 0 Å². The lowest BCUT2D eigenvalue weighted by Gasteiger charge is -2.12. The van der Waals surface area contributed by atoms with E-state index in [0.29, 0.717) is 28.9 Å². The summed E-state index contributed by atoms with van der Waals surface area (Å²) in [5.41, 5.74) is 3.11. The lowest BCUT2D eigenvalue weighted by molar-refractivity contribution is 0.0951. The normalized spacial score (nSPS) is 10.6. The third kappa shape index (κ3) is 5.73. The molecule has 4 aromatic carbocycles. The molecule has 0 spiro atoms. The maximum Gasteiger partial charge on any atom is 0.251 e. The van der Waals surface area contributed by atoms with E-state index in [2.05, 4.69) is 10.6 Å². The van der Waals surface area contributed by atoms with E-state index in [9.17, 15) is 18.4 Å². The van der Waals surface area contributed by atoms with Gasteiger partial charge in [-0.05, 0) is 60.5 Å². The number of amides is 1. The molecule has 0 unspecified atom stereocenters. The van der Waals surface area contributed by atoms with Gasteiger partial charge in [-0.25, -0.2) is 8.78 Å². The molecule has 0 saturated carbocycles. The summed E-state index contributed by atoms with van der Waals surface area (Å²) in [6.45, 7) is 2.14. The van der Waals surface area contributed by atoms with E-state index < -0.39 is 11.6 Å². The molecule has 4 aromatic rings. The van der Waals surface area contributed by atoms with Crippen LogP contribution in [-0.4, -0.2) is 11.7 Å². The van der Waals surface area contributed by atoms with Gasteiger partial charge in [0, 0.05) is 35.0 Å². The Morgan fingerprint density at radius 1 is 0.857 bits per heavy atom. The molecular formula is C28H21ClF2N2O2. The van der Waals surface area contributed by atoms with E-state index >= 15 is 0 Å². The SMILES string of the molecule is Cc1ccc(C(=O)NCc2ccccc2)cc1C(=O)c1ccc(Nc2ccc(F)cc2F)cc1Cl. The van der Waals surface area contributed by atoms with Gasteiger partial charge in [0.1, 0.15) is 11.6 Å². The molecule has 2 N–H and O–H groups in total. The first-order valence-corrected chi connectivity index (χ1v) is 11.2. The van der Waals surface area contributed by atoms with Crippen molar-refractivity contribution >= 4 is 34.7 Å². The number of ketones is 1. The fourth-order valence-electron chi connectivity index (χ4n) is 3.56. The summed E-state index contributed by atoms with van der Waals surface area (Å²) < 4.78 is 27.1. The number of anilines is 2. The van der Waals surface area contributed by atoms with Gasteiger partial charge < -0.3 is 10.6 Å². The fourth-order valence-corrected chi connectivity index (χ4v) is 3.82. The number of hydrogen-bond acceptors (Lipinski definition) is 3. The van der Waals surface area contributed by atoms with Crippen LogP contribution in [0.3, 0.4) is 0 Å². The van der Waals surface area contributed by atoms with Crippen LogP contribution in [0, 0.1) is 18.6 Å². The molecule has 0 aliphatic carbocycles. The summed E-state index contributed by atoms with van der Waals surface area (Å²) in [7, 11) is 0. The van der Waals surface area contributed by atoms with Gasteiger partial charge in [0.05, 0.1) is 10.7 Å². The molecule has 176 valence electrons. The van der Waals surface area contributed by atoms with E-state index in [1.165, 1.54) is 18.2 Å². The predicted molar refractivity (Wildman–Crippen MR) is 133 cm³/mol. The van der Waals surface area contributed by atoms with Crippen LogP contribution in [0.25, 0.3) is 0 Å². The van der Waals surface area contributed by atoms with Crippen molar-refractivity contribution in [3.05, 3.63) is 129 Å². The topological polar surface area (TPSA) is 58.2 Å². The number of carbonyl (C=O) groups is 2. The second kappa shape index (κ2) is 10.5. The summed E-state index contributed by atoms with van der Waals surface area (Å²) in [6, 6.07) is 22.2. The third-order valence-electron chi connectivity index (χ3n) is 5.46. The standard InChI is InChI=1S/C28H21ClF2N2O2/c1-17-7-8-19(28(35)32-16-18-5-3-2-4-6-18)13-23(17)27(34)22-11-10-21(15-24(22)29)33-26-12-9-20(30)14-25(26)31/h2-15,33H,16H2,1H3,(H,32,35). The van der Waals surface area contributed by atoms with Crippen LogP contribution >= 0.6 is 11.6 Å². The molecule has 0 fully saturated rings.